The molecule has 102 valence electrons. The van der Waals surface area contributed by atoms with Crippen LogP contribution in [0.5, 0.6) is 0 Å². The van der Waals surface area contributed by atoms with Gasteiger partial charge in [0.05, 0.1) is 25.2 Å². The van der Waals surface area contributed by atoms with Crippen molar-refractivity contribution in [3.8, 4) is 11.1 Å². The Morgan fingerprint density at radius 3 is 2.79 bits per heavy atom. The number of aliphatic hydroxyl groups excluding tert-OH is 2. The van der Waals surface area contributed by atoms with Gasteiger partial charge in [-0.3, -0.25) is 0 Å². The summed E-state index contributed by atoms with van der Waals surface area (Å²) in [5.41, 5.74) is 9.34. The van der Waals surface area contributed by atoms with Crippen molar-refractivity contribution in [2.45, 2.75) is 6.10 Å². The fraction of sp³-hybridized carbons (Fsp3) is 0.286. The molecule has 0 saturated carbocycles. The number of benzene rings is 1. The van der Waals surface area contributed by atoms with Crippen LogP contribution in [0, 0.1) is 0 Å². The van der Waals surface area contributed by atoms with Gasteiger partial charge in [0, 0.05) is 36.1 Å². The third-order valence-corrected chi connectivity index (χ3v) is 3.01. The number of furan rings is 1. The number of aliphatic hydroxyl groups is 2. The molecule has 0 fully saturated rings. The summed E-state index contributed by atoms with van der Waals surface area (Å²) in [6, 6.07) is 7.48. The van der Waals surface area contributed by atoms with Gasteiger partial charge in [0.1, 0.15) is 0 Å². The molecule has 2 rings (SSSR count). The van der Waals surface area contributed by atoms with Crippen molar-refractivity contribution < 1.29 is 14.6 Å². The highest BCUT2D eigenvalue weighted by molar-refractivity contribution is 5.79. The van der Waals surface area contributed by atoms with E-state index in [1.165, 1.54) is 0 Å². The van der Waals surface area contributed by atoms with E-state index in [1.54, 1.807) is 12.5 Å². The van der Waals surface area contributed by atoms with Gasteiger partial charge < -0.3 is 25.3 Å². The van der Waals surface area contributed by atoms with Gasteiger partial charge in [0.15, 0.2) is 0 Å². The van der Waals surface area contributed by atoms with Crippen molar-refractivity contribution in [3.05, 3.63) is 36.8 Å². The molecule has 1 unspecified atom stereocenters. The highest BCUT2D eigenvalue weighted by atomic mass is 16.3. The lowest BCUT2D eigenvalue weighted by Gasteiger charge is -2.22. The van der Waals surface area contributed by atoms with Crippen LogP contribution >= 0.6 is 0 Å². The summed E-state index contributed by atoms with van der Waals surface area (Å²) < 4.78 is 5.06. The Labute approximate surface area is 111 Å². The summed E-state index contributed by atoms with van der Waals surface area (Å²) in [7, 11) is 1.85. The normalized spacial score (nSPS) is 12.4. The molecular formula is C14H18N2O3. The maximum atomic E-state index is 9.47. The molecule has 0 aliphatic rings. The third-order valence-electron chi connectivity index (χ3n) is 3.01. The maximum Gasteiger partial charge on any atom is 0.0981 e. The number of hydrogen-bond acceptors (Lipinski definition) is 5. The molecule has 0 saturated heterocycles. The number of nitrogen functional groups attached to an aromatic ring is 1. The van der Waals surface area contributed by atoms with Crippen molar-refractivity contribution in [1.82, 2.24) is 0 Å². The molecule has 1 atom stereocenters. The molecule has 2 aromatic rings. The van der Waals surface area contributed by atoms with Crippen LogP contribution in [0.15, 0.2) is 41.2 Å². The molecule has 0 aliphatic heterocycles. The molecule has 5 nitrogen and oxygen atoms in total. The first kappa shape index (κ1) is 13.5. The van der Waals surface area contributed by atoms with Crippen molar-refractivity contribution in [2.75, 3.05) is 30.8 Å². The van der Waals surface area contributed by atoms with Gasteiger partial charge in [-0.05, 0) is 24.3 Å². The number of likely N-dealkylation sites (N-methyl/N-ethyl adjacent to an activating group) is 1. The number of nitrogens with two attached hydrogens (primary N) is 1. The summed E-state index contributed by atoms with van der Waals surface area (Å²) in [6.45, 7) is 0.0964. The SMILES string of the molecule is CN(CC(O)CO)c1ccc(N)c(-c2ccoc2)c1. The zero-order chi connectivity index (χ0) is 13.8. The Morgan fingerprint density at radius 2 is 2.16 bits per heavy atom. The van der Waals surface area contributed by atoms with E-state index in [2.05, 4.69) is 0 Å². The van der Waals surface area contributed by atoms with Crippen LogP contribution in [-0.4, -0.2) is 36.5 Å². The van der Waals surface area contributed by atoms with Crippen molar-refractivity contribution in [3.63, 3.8) is 0 Å². The van der Waals surface area contributed by atoms with Crippen LogP contribution in [-0.2, 0) is 0 Å². The van der Waals surface area contributed by atoms with Gasteiger partial charge in [0.25, 0.3) is 0 Å². The van der Waals surface area contributed by atoms with E-state index in [-0.39, 0.29) is 6.61 Å². The summed E-state index contributed by atoms with van der Waals surface area (Å²) in [5.74, 6) is 0. The van der Waals surface area contributed by atoms with Crippen LogP contribution in [0.25, 0.3) is 11.1 Å². The standard InChI is InChI=1S/C14H18N2O3/c1-16(7-12(18)8-17)11-2-3-14(15)13(6-11)10-4-5-19-9-10/h2-6,9,12,17-18H,7-8,15H2,1H3. The van der Waals surface area contributed by atoms with Crippen molar-refractivity contribution >= 4 is 11.4 Å². The highest BCUT2D eigenvalue weighted by Crippen LogP contribution is 2.30. The maximum absolute atomic E-state index is 9.47. The molecule has 1 aromatic carbocycles. The predicted octanol–water partition coefficient (Wildman–Crippen LogP) is 1.32. The average molecular weight is 262 g/mol. The van der Waals surface area contributed by atoms with E-state index in [0.29, 0.717) is 12.2 Å². The smallest absolute Gasteiger partial charge is 0.0981 e. The largest absolute Gasteiger partial charge is 0.472 e. The van der Waals surface area contributed by atoms with Crippen molar-refractivity contribution in [1.29, 1.82) is 0 Å². The van der Waals surface area contributed by atoms with Crippen LogP contribution in [0.1, 0.15) is 0 Å². The number of hydrogen-bond donors (Lipinski definition) is 3. The van der Waals surface area contributed by atoms with Gasteiger partial charge >= 0.3 is 0 Å². The van der Waals surface area contributed by atoms with E-state index < -0.39 is 6.10 Å². The second kappa shape index (κ2) is 5.77. The van der Waals surface area contributed by atoms with Gasteiger partial charge in [-0.2, -0.15) is 0 Å². The summed E-state index contributed by atoms with van der Waals surface area (Å²) in [5, 5.41) is 18.3. The van der Waals surface area contributed by atoms with Crippen LogP contribution < -0.4 is 10.6 Å². The molecule has 0 radical (unpaired) electrons. The van der Waals surface area contributed by atoms with Crippen LogP contribution in [0.3, 0.4) is 0 Å². The second-order valence-corrected chi connectivity index (χ2v) is 4.50. The Hall–Kier alpha value is -1.98. The zero-order valence-corrected chi connectivity index (χ0v) is 10.8. The first-order valence-corrected chi connectivity index (χ1v) is 6.04. The molecular weight excluding hydrogens is 244 g/mol. The first-order valence-electron chi connectivity index (χ1n) is 6.04. The quantitative estimate of drug-likeness (QED) is 0.708. The second-order valence-electron chi connectivity index (χ2n) is 4.50. The molecule has 5 heteroatoms. The molecule has 1 heterocycles. The molecule has 4 N–H and O–H groups in total. The van der Waals surface area contributed by atoms with Crippen LogP contribution in [0.2, 0.25) is 0 Å². The Kier molecular flexibility index (Phi) is 4.09. The fourth-order valence-electron chi connectivity index (χ4n) is 1.93. The predicted molar refractivity (Wildman–Crippen MR) is 74.9 cm³/mol. The number of anilines is 2. The molecule has 0 aliphatic carbocycles. The molecule has 19 heavy (non-hydrogen) atoms. The highest BCUT2D eigenvalue weighted by Gasteiger charge is 2.11. The summed E-state index contributed by atoms with van der Waals surface area (Å²) in [6.07, 6.45) is 2.47. The molecule has 1 aromatic heterocycles. The molecule has 0 bridgehead atoms. The Morgan fingerprint density at radius 1 is 1.37 bits per heavy atom. The zero-order valence-electron chi connectivity index (χ0n) is 10.8. The van der Waals surface area contributed by atoms with Gasteiger partial charge in [-0.25, -0.2) is 0 Å². The monoisotopic (exact) mass is 262 g/mol. The van der Waals surface area contributed by atoms with Crippen molar-refractivity contribution in [2.24, 2.45) is 0 Å². The minimum absolute atomic E-state index is 0.256. The molecule has 0 amide bonds. The first-order chi connectivity index (χ1) is 9.11. The lowest BCUT2D eigenvalue weighted by atomic mass is 10.1. The summed E-state index contributed by atoms with van der Waals surface area (Å²) in [4.78, 5) is 1.86. The van der Waals surface area contributed by atoms with E-state index in [9.17, 15) is 5.11 Å². The molecule has 0 spiro atoms. The Balaban J connectivity index is 2.26. The van der Waals surface area contributed by atoms with Crippen LogP contribution in [0.4, 0.5) is 11.4 Å². The lowest BCUT2D eigenvalue weighted by Crippen LogP contribution is -2.31. The van der Waals surface area contributed by atoms with Gasteiger partial charge in [-0.1, -0.05) is 0 Å². The number of rotatable bonds is 5. The van der Waals surface area contributed by atoms with E-state index in [1.807, 2.05) is 36.2 Å². The topological polar surface area (TPSA) is 82.9 Å². The number of nitrogens with zero attached hydrogens (tertiary/aromatic N) is 1. The van der Waals surface area contributed by atoms with E-state index >= 15 is 0 Å². The Bertz CT molecular complexity index is 525. The average Bonchev–Trinajstić information content (AvgIpc) is 2.92. The van der Waals surface area contributed by atoms with Gasteiger partial charge in [0.2, 0.25) is 0 Å². The third kappa shape index (κ3) is 3.07. The van der Waals surface area contributed by atoms with Gasteiger partial charge in [-0.15, -0.1) is 0 Å². The van der Waals surface area contributed by atoms with E-state index in [4.69, 9.17) is 15.3 Å². The summed E-state index contributed by atoms with van der Waals surface area (Å²) >= 11 is 0. The minimum atomic E-state index is -0.764. The lowest BCUT2D eigenvalue weighted by molar-refractivity contribution is 0.101. The fourth-order valence-corrected chi connectivity index (χ4v) is 1.93. The van der Waals surface area contributed by atoms with E-state index in [0.717, 1.165) is 16.8 Å². The minimum Gasteiger partial charge on any atom is -0.472 e.